The van der Waals surface area contributed by atoms with Crippen LogP contribution in [0.3, 0.4) is 0 Å². The van der Waals surface area contributed by atoms with E-state index in [1.54, 1.807) is 12.3 Å². The van der Waals surface area contributed by atoms with E-state index in [2.05, 4.69) is 37.2 Å². The summed E-state index contributed by atoms with van der Waals surface area (Å²) in [6.45, 7) is 1.04. The number of aromatic nitrogens is 2. The van der Waals surface area contributed by atoms with Gasteiger partial charge in [-0.2, -0.15) is 5.10 Å². The Kier molecular flexibility index (Phi) is 4.82. The molecule has 0 N–H and O–H groups in total. The second kappa shape index (κ2) is 7.08. The molecule has 25 heavy (non-hydrogen) atoms. The Labute approximate surface area is 160 Å². The van der Waals surface area contributed by atoms with E-state index in [0.717, 1.165) is 47.6 Å². The van der Waals surface area contributed by atoms with Crippen LogP contribution in [0.4, 0.5) is 0 Å². The van der Waals surface area contributed by atoms with Gasteiger partial charge in [-0.25, -0.2) is 4.98 Å². The van der Waals surface area contributed by atoms with Crippen molar-refractivity contribution in [1.29, 1.82) is 0 Å². The van der Waals surface area contributed by atoms with Crippen molar-refractivity contribution in [1.82, 2.24) is 15.0 Å². The molecule has 7 heteroatoms. The summed E-state index contributed by atoms with van der Waals surface area (Å²) >= 11 is 9.61. The summed E-state index contributed by atoms with van der Waals surface area (Å²) in [6.07, 6.45) is 8.45. The minimum Gasteiger partial charge on any atom is -0.474 e. The molecule has 0 amide bonds. The highest BCUT2D eigenvalue weighted by Crippen LogP contribution is 2.35. The third-order valence-corrected chi connectivity index (χ3v) is 5.74. The van der Waals surface area contributed by atoms with Crippen LogP contribution in [0.1, 0.15) is 25.7 Å². The van der Waals surface area contributed by atoms with E-state index < -0.39 is 0 Å². The van der Waals surface area contributed by atoms with Crippen LogP contribution in [0.15, 0.2) is 27.9 Å². The Morgan fingerprint density at radius 3 is 2.76 bits per heavy atom. The van der Waals surface area contributed by atoms with Crippen LogP contribution in [0, 0.1) is 11.8 Å². The lowest BCUT2D eigenvalue weighted by Crippen LogP contribution is -2.30. The third kappa shape index (κ3) is 3.75. The minimum absolute atomic E-state index is 0.181. The number of halogens is 2. The zero-order chi connectivity index (χ0) is 17.4. The highest BCUT2D eigenvalue weighted by atomic mass is 79.9. The normalized spacial score (nSPS) is 26.4. The van der Waals surface area contributed by atoms with Crippen molar-refractivity contribution in [2.75, 3.05) is 13.6 Å². The Morgan fingerprint density at radius 1 is 1.24 bits per heavy atom. The van der Waals surface area contributed by atoms with E-state index >= 15 is 0 Å². The maximum absolute atomic E-state index is 6.24. The largest absolute Gasteiger partial charge is 0.474 e. The van der Waals surface area contributed by atoms with Gasteiger partial charge in [0.05, 0.1) is 10.9 Å². The molecule has 1 atom stereocenters. The number of rotatable bonds is 3. The lowest BCUT2D eigenvalue weighted by Gasteiger charge is -2.31. The molecule has 1 saturated carbocycles. The molecule has 1 aliphatic heterocycles. The van der Waals surface area contributed by atoms with Gasteiger partial charge in [0.1, 0.15) is 11.3 Å². The molecule has 2 aromatic rings. The number of hydrazone groups is 1. The lowest BCUT2D eigenvalue weighted by molar-refractivity contribution is 0.116. The summed E-state index contributed by atoms with van der Waals surface area (Å²) in [6, 6.07) is 3.75. The van der Waals surface area contributed by atoms with Crippen LogP contribution in [-0.4, -0.2) is 40.9 Å². The molecule has 0 saturated heterocycles. The molecule has 132 valence electrons. The van der Waals surface area contributed by atoms with Crippen LogP contribution >= 0.6 is 27.5 Å². The van der Waals surface area contributed by atoms with Crippen molar-refractivity contribution in [3.05, 3.63) is 28.0 Å². The van der Waals surface area contributed by atoms with Gasteiger partial charge in [0, 0.05) is 42.5 Å². The fraction of sp³-hybridized carbons (Fsp3) is 0.500. The fourth-order valence-corrected chi connectivity index (χ4v) is 4.30. The molecular weight excluding hydrogens is 404 g/mol. The molecule has 0 radical (unpaired) electrons. The SMILES string of the molecule is CN1CC(C2CCC(Oc3nc(Cl)cc4ncc(Br)cc34)CC2)C=N1. The monoisotopic (exact) mass is 422 g/mol. The smallest absolute Gasteiger partial charge is 0.224 e. The number of fused-ring (bicyclic) bond motifs is 1. The van der Waals surface area contributed by atoms with Crippen molar-refractivity contribution in [3.8, 4) is 5.88 Å². The van der Waals surface area contributed by atoms with Gasteiger partial charge in [0.25, 0.3) is 0 Å². The molecule has 1 unspecified atom stereocenters. The maximum Gasteiger partial charge on any atom is 0.224 e. The Morgan fingerprint density at radius 2 is 2.04 bits per heavy atom. The third-order valence-electron chi connectivity index (χ3n) is 5.11. The van der Waals surface area contributed by atoms with Crippen molar-refractivity contribution in [2.45, 2.75) is 31.8 Å². The second-order valence-electron chi connectivity index (χ2n) is 6.89. The van der Waals surface area contributed by atoms with E-state index in [1.807, 2.05) is 18.1 Å². The average molecular weight is 424 g/mol. The van der Waals surface area contributed by atoms with Crippen molar-refractivity contribution in [3.63, 3.8) is 0 Å². The first kappa shape index (κ1) is 17.0. The first-order chi connectivity index (χ1) is 12.1. The minimum atomic E-state index is 0.181. The topological polar surface area (TPSA) is 50.6 Å². The van der Waals surface area contributed by atoms with Gasteiger partial charge in [-0.05, 0) is 53.6 Å². The predicted molar refractivity (Wildman–Crippen MR) is 103 cm³/mol. The van der Waals surface area contributed by atoms with Crippen LogP contribution in [0.5, 0.6) is 5.88 Å². The molecule has 1 aliphatic carbocycles. The summed E-state index contributed by atoms with van der Waals surface area (Å²) in [4.78, 5) is 8.79. The van der Waals surface area contributed by atoms with Crippen molar-refractivity contribution >= 4 is 44.6 Å². The number of ether oxygens (including phenoxy) is 1. The standard InChI is InChI=1S/C18H20BrClN4O/c1-24-10-12(8-22-24)11-2-4-14(5-3-11)25-18-15-6-13(19)9-21-16(15)7-17(20)23-18/h6-9,11-12,14H,2-5,10H2,1H3. The Balaban J connectivity index is 1.46. The number of nitrogens with zero attached hydrogens (tertiary/aromatic N) is 4. The highest BCUT2D eigenvalue weighted by molar-refractivity contribution is 9.10. The van der Waals surface area contributed by atoms with Crippen LogP contribution in [0.25, 0.3) is 10.9 Å². The first-order valence-electron chi connectivity index (χ1n) is 8.62. The Hall–Kier alpha value is -1.40. The van der Waals surface area contributed by atoms with E-state index in [4.69, 9.17) is 16.3 Å². The van der Waals surface area contributed by atoms with E-state index in [1.165, 1.54) is 0 Å². The second-order valence-corrected chi connectivity index (χ2v) is 8.20. The molecule has 0 spiro atoms. The van der Waals surface area contributed by atoms with Crippen LogP contribution < -0.4 is 4.74 Å². The molecule has 2 aromatic heterocycles. The van der Waals surface area contributed by atoms with Gasteiger partial charge in [-0.3, -0.25) is 9.99 Å². The zero-order valence-corrected chi connectivity index (χ0v) is 16.4. The van der Waals surface area contributed by atoms with Gasteiger partial charge < -0.3 is 4.74 Å². The summed E-state index contributed by atoms with van der Waals surface area (Å²) in [7, 11) is 2.04. The molecular formula is C18H20BrClN4O. The van der Waals surface area contributed by atoms with Crippen LogP contribution in [-0.2, 0) is 0 Å². The summed E-state index contributed by atoms with van der Waals surface area (Å²) in [5.74, 6) is 1.87. The molecule has 2 aliphatic rings. The summed E-state index contributed by atoms with van der Waals surface area (Å²) in [5.41, 5.74) is 0.803. The molecule has 1 fully saturated rings. The number of hydrogen-bond donors (Lipinski definition) is 0. The fourth-order valence-electron chi connectivity index (χ4n) is 3.79. The molecule has 4 rings (SSSR count). The lowest BCUT2D eigenvalue weighted by atomic mass is 9.79. The highest BCUT2D eigenvalue weighted by Gasteiger charge is 2.30. The maximum atomic E-state index is 6.24. The quantitative estimate of drug-likeness (QED) is 0.681. The first-order valence-corrected chi connectivity index (χ1v) is 9.79. The van der Waals surface area contributed by atoms with Crippen molar-refractivity contribution < 1.29 is 4.74 Å². The average Bonchev–Trinajstić information content (AvgIpc) is 3.02. The Bertz CT molecular complexity index is 807. The number of hydrogen-bond acceptors (Lipinski definition) is 5. The summed E-state index contributed by atoms with van der Waals surface area (Å²) in [5, 5.41) is 7.71. The number of pyridine rings is 2. The van der Waals surface area contributed by atoms with Crippen molar-refractivity contribution in [2.24, 2.45) is 16.9 Å². The summed E-state index contributed by atoms with van der Waals surface area (Å²) < 4.78 is 7.14. The van der Waals surface area contributed by atoms with Gasteiger partial charge in [-0.1, -0.05) is 11.6 Å². The molecule has 5 nitrogen and oxygen atoms in total. The molecule has 0 aromatic carbocycles. The van der Waals surface area contributed by atoms with Gasteiger partial charge in [-0.15, -0.1) is 0 Å². The van der Waals surface area contributed by atoms with Crippen LogP contribution in [0.2, 0.25) is 5.15 Å². The van der Waals surface area contributed by atoms with E-state index in [-0.39, 0.29) is 6.10 Å². The van der Waals surface area contributed by atoms with Gasteiger partial charge in [0.15, 0.2) is 0 Å². The zero-order valence-electron chi connectivity index (χ0n) is 14.0. The predicted octanol–water partition coefficient (Wildman–Crippen LogP) is 4.53. The van der Waals surface area contributed by atoms with Gasteiger partial charge in [0.2, 0.25) is 5.88 Å². The van der Waals surface area contributed by atoms with E-state index in [9.17, 15) is 0 Å². The molecule has 3 heterocycles. The van der Waals surface area contributed by atoms with E-state index in [0.29, 0.717) is 22.9 Å². The van der Waals surface area contributed by atoms with Gasteiger partial charge >= 0.3 is 0 Å². The molecule has 0 bridgehead atoms.